The van der Waals surface area contributed by atoms with E-state index in [0.29, 0.717) is 12.2 Å². The average molecular weight is 358 g/mol. The maximum atomic E-state index is 11.1. The number of carboxylic acid groups (broad SMARTS) is 1. The minimum Gasteiger partial charge on any atom is -0.494 e. The summed E-state index contributed by atoms with van der Waals surface area (Å²) in [4.78, 5) is 11.1. The molecule has 0 aliphatic carbocycles. The zero-order chi connectivity index (χ0) is 18.0. The molecule has 0 saturated carbocycles. The predicted octanol–water partition coefficient (Wildman–Crippen LogP) is 5.08. The molecule has 0 amide bonds. The highest BCUT2D eigenvalue weighted by Gasteiger charge is 2.07. The van der Waals surface area contributed by atoms with E-state index < -0.39 is 5.97 Å². The van der Waals surface area contributed by atoms with Gasteiger partial charge in [0.05, 0.1) is 12.2 Å². The normalized spacial score (nSPS) is 11.0. The van der Waals surface area contributed by atoms with Crippen molar-refractivity contribution in [3.63, 3.8) is 0 Å². The summed E-state index contributed by atoms with van der Waals surface area (Å²) in [7, 11) is 0. The third kappa shape index (κ3) is 3.80. The van der Waals surface area contributed by atoms with Crippen LogP contribution in [0.2, 0.25) is 5.02 Å². The molecule has 0 aliphatic rings. The summed E-state index contributed by atoms with van der Waals surface area (Å²) in [6, 6.07) is 11.1. The molecule has 0 fully saturated rings. The summed E-state index contributed by atoms with van der Waals surface area (Å²) >= 11 is 6.17. The fraction of sp³-hybridized carbons (Fsp3) is 0.250. The van der Waals surface area contributed by atoms with Gasteiger partial charge in [0, 0.05) is 23.3 Å². The lowest BCUT2D eigenvalue weighted by molar-refractivity contribution is 0.0697. The van der Waals surface area contributed by atoms with Crippen LogP contribution in [0.5, 0.6) is 5.75 Å². The molecular formula is C20H20ClNO3. The zero-order valence-electron chi connectivity index (χ0n) is 14.3. The number of hydrogen-bond donors (Lipinski definition) is 1. The van der Waals surface area contributed by atoms with Crippen LogP contribution in [-0.4, -0.2) is 22.2 Å². The van der Waals surface area contributed by atoms with E-state index in [9.17, 15) is 4.79 Å². The van der Waals surface area contributed by atoms with Gasteiger partial charge in [0.25, 0.3) is 0 Å². The molecule has 130 valence electrons. The Labute approximate surface area is 151 Å². The Bertz CT molecular complexity index is 907. The van der Waals surface area contributed by atoms with E-state index in [-0.39, 0.29) is 0 Å². The van der Waals surface area contributed by atoms with Crippen LogP contribution in [-0.2, 0) is 6.54 Å². The van der Waals surface area contributed by atoms with Crippen molar-refractivity contribution >= 4 is 28.5 Å². The lowest BCUT2D eigenvalue weighted by Gasteiger charge is -2.11. The number of carbonyl (C=O) groups is 1. The van der Waals surface area contributed by atoms with Gasteiger partial charge in [0.1, 0.15) is 5.75 Å². The largest absolute Gasteiger partial charge is 0.494 e. The highest BCUT2D eigenvalue weighted by Crippen LogP contribution is 2.26. The van der Waals surface area contributed by atoms with Crippen molar-refractivity contribution in [1.29, 1.82) is 0 Å². The van der Waals surface area contributed by atoms with Crippen LogP contribution < -0.4 is 4.74 Å². The van der Waals surface area contributed by atoms with Crippen molar-refractivity contribution in [2.45, 2.75) is 26.8 Å². The molecule has 0 spiro atoms. The molecule has 4 nitrogen and oxygen atoms in total. The van der Waals surface area contributed by atoms with Gasteiger partial charge in [0.2, 0.25) is 0 Å². The second-order valence-electron chi connectivity index (χ2n) is 6.16. The van der Waals surface area contributed by atoms with Crippen molar-refractivity contribution in [3.05, 3.63) is 64.3 Å². The number of aromatic nitrogens is 1. The second kappa shape index (κ2) is 7.19. The number of aromatic carboxylic acids is 1. The summed E-state index contributed by atoms with van der Waals surface area (Å²) in [5.74, 6) is -0.0867. The van der Waals surface area contributed by atoms with Crippen molar-refractivity contribution in [3.8, 4) is 5.75 Å². The molecular weight excluding hydrogens is 338 g/mol. The summed E-state index contributed by atoms with van der Waals surface area (Å²) in [5, 5.41) is 11.0. The lowest BCUT2D eigenvalue weighted by atomic mass is 10.1. The number of halogens is 1. The van der Waals surface area contributed by atoms with Gasteiger partial charge in [-0.15, -0.1) is 0 Å². The first-order valence-corrected chi connectivity index (χ1v) is 8.55. The Balaban J connectivity index is 1.63. The molecule has 5 heteroatoms. The van der Waals surface area contributed by atoms with E-state index in [2.05, 4.69) is 4.57 Å². The van der Waals surface area contributed by atoms with Gasteiger partial charge in [-0.1, -0.05) is 17.7 Å². The fourth-order valence-electron chi connectivity index (χ4n) is 2.93. The smallest absolute Gasteiger partial charge is 0.335 e. The fourth-order valence-corrected chi connectivity index (χ4v) is 3.04. The van der Waals surface area contributed by atoms with Crippen LogP contribution in [0, 0.1) is 13.8 Å². The van der Waals surface area contributed by atoms with Crippen molar-refractivity contribution in [2.75, 3.05) is 6.61 Å². The first-order valence-electron chi connectivity index (χ1n) is 8.17. The van der Waals surface area contributed by atoms with Crippen LogP contribution in [0.1, 0.15) is 27.9 Å². The van der Waals surface area contributed by atoms with Crippen LogP contribution in [0.3, 0.4) is 0 Å². The van der Waals surface area contributed by atoms with E-state index in [0.717, 1.165) is 45.8 Å². The van der Waals surface area contributed by atoms with Crippen molar-refractivity contribution < 1.29 is 14.6 Å². The van der Waals surface area contributed by atoms with Crippen molar-refractivity contribution in [2.24, 2.45) is 0 Å². The SMILES string of the molecule is Cc1cc(OCCCn2ccc3ccc(C(=O)O)cc32)cc(C)c1Cl. The molecule has 3 rings (SSSR count). The number of nitrogens with zero attached hydrogens (tertiary/aromatic N) is 1. The molecule has 2 aromatic carbocycles. The molecule has 0 saturated heterocycles. The summed E-state index contributed by atoms with van der Waals surface area (Å²) in [6.07, 6.45) is 2.80. The second-order valence-corrected chi connectivity index (χ2v) is 6.54. The highest BCUT2D eigenvalue weighted by molar-refractivity contribution is 6.32. The highest BCUT2D eigenvalue weighted by atomic mass is 35.5. The first-order chi connectivity index (χ1) is 12.0. The van der Waals surface area contributed by atoms with Gasteiger partial charge in [-0.2, -0.15) is 0 Å². The molecule has 1 aromatic heterocycles. The maximum absolute atomic E-state index is 11.1. The van der Waals surface area contributed by atoms with Gasteiger partial charge in [-0.3, -0.25) is 0 Å². The number of ether oxygens (including phenoxy) is 1. The van der Waals surface area contributed by atoms with E-state index >= 15 is 0 Å². The summed E-state index contributed by atoms with van der Waals surface area (Å²) in [6.45, 7) is 5.28. The standard InChI is InChI=1S/C20H20ClNO3/c1-13-10-17(11-14(2)19(13)21)25-9-3-7-22-8-6-15-4-5-16(20(23)24)12-18(15)22/h4-6,8,10-12H,3,7,9H2,1-2H3,(H,23,24). The van der Waals surface area contributed by atoms with Gasteiger partial charge in [-0.05, 0) is 67.1 Å². The maximum Gasteiger partial charge on any atom is 0.335 e. The van der Waals surface area contributed by atoms with Gasteiger partial charge >= 0.3 is 5.97 Å². The minimum atomic E-state index is -0.911. The quantitative estimate of drug-likeness (QED) is 0.626. The van der Waals surface area contributed by atoms with E-state index in [1.54, 1.807) is 12.1 Å². The Kier molecular flexibility index (Phi) is 5.00. The number of hydrogen-bond acceptors (Lipinski definition) is 2. The predicted molar refractivity (Wildman–Crippen MR) is 99.9 cm³/mol. The molecule has 0 aliphatic heterocycles. The number of carboxylic acids is 1. The lowest BCUT2D eigenvalue weighted by Crippen LogP contribution is -2.04. The Morgan fingerprint density at radius 1 is 1.16 bits per heavy atom. The van der Waals surface area contributed by atoms with Crippen LogP contribution in [0.4, 0.5) is 0 Å². The van der Waals surface area contributed by atoms with E-state index in [1.807, 2.05) is 44.3 Å². The molecule has 3 aromatic rings. The molecule has 0 unspecified atom stereocenters. The van der Waals surface area contributed by atoms with E-state index in [4.69, 9.17) is 21.4 Å². The van der Waals surface area contributed by atoms with Crippen LogP contribution in [0.25, 0.3) is 10.9 Å². The minimum absolute atomic E-state index is 0.302. The third-order valence-corrected chi connectivity index (χ3v) is 4.84. The van der Waals surface area contributed by atoms with Gasteiger partial charge in [0.15, 0.2) is 0 Å². The van der Waals surface area contributed by atoms with Gasteiger partial charge < -0.3 is 14.4 Å². The Hall–Kier alpha value is -2.46. The Morgan fingerprint density at radius 3 is 2.56 bits per heavy atom. The van der Waals surface area contributed by atoms with Crippen molar-refractivity contribution in [1.82, 2.24) is 4.57 Å². The molecule has 0 radical (unpaired) electrons. The molecule has 0 bridgehead atoms. The Morgan fingerprint density at radius 2 is 1.88 bits per heavy atom. The molecule has 1 heterocycles. The van der Waals surface area contributed by atoms with Gasteiger partial charge in [-0.25, -0.2) is 4.79 Å². The zero-order valence-corrected chi connectivity index (χ0v) is 15.0. The number of benzene rings is 2. The van der Waals surface area contributed by atoms with Crippen LogP contribution >= 0.6 is 11.6 Å². The topological polar surface area (TPSA) is 51.5 Å². The summed E-state index contributed by atoms with van der Waals surface area (Å²) < 4.78 is 7.89. The molecule has 25 heavy (non-hydrogen) atoms. The number of fused-ring (bicyclic) bond motifs is 1. The third-order valence-electron chi connectivity index (χ3n) is 4.24. The summed E-state index contributed by atoms with van der Waals surface area (Å²) in [5.41, 5.74) is 3.25. The van der Waals surface area contributed by atoms with Crippen LogP contribution in [0.15, 0.2) is 42.6 Å². The first kappa shape index (κ1) is 17.4. The average Bonchev–Trinajstić information content (AvgIpc) is 2.98. The number of rotatable bonds is 6. The van der Waals surface area contributed by atoms with E-state index in [1.165, 1.54) is 0 Å². The molecule has 0 atom stereocenters. The number of aryl methyl sites for hydroxylation is 3. The molecule has 1 N–H and O–H groups in total. The monoisotopic (exact) mass is 357 g/mol.